The van der Waals surface area contributed by atoms with Crippen molar-refractivity contribution in [3.8, 4) is 0 Å². The third kappa shape index (κ3) is 2.05. The van der Waals surface area contributed by atoms with Crippen LogP contribution in [0.15, 0.2) is 18.3 Å². The molecule has 0 aliphatic heterocycles. The molecule has 1 unspecified atom stereocenters. The average Bonchev–Trinajstić information content (AvgIpc) is 2.26. The molecule has 2 aromatic rings. The van der Waals surface area contributed by atoms with Gasteiger partial charge < -0.3 is 0 Å². The predicted molar refractivity (Wildman–Crippen MR) is 69.9 cm³/mol. The van der Waals surface area contributed by atoms with Gasteiger partial charge in [0.1, 0.15) is 5.57 Å². The summed E-state index contributed by atoms with van der Waals surface area (Å²) in [6.45, 7) is 8.61. The van der Waals surface area contributed by atoms with Crippen molar-refractivity contribution in [2.75, 3.05) is 6.66 Å². The van der Waals surface area contributed by atoms with Gasteiger partial charge in [-0.1, -0.05) is 29.4 Å². The third-order valence-corrected chi connectivity index (χ3v) is 3.08. The van der Waals surface area contributed by atoms with Crippen molar-refractivity contribution in [1.82, 2.24) is 15.0 Å². The fourth-order valence-electron chi connectivity index (χ4n) is 1.65. The Balaban J connectivity index is 2.79. The smallest absolute Gasteiger partial charge is 0.163 e. The molecule has 0 saturated heterocycles. The molecule has 3 nitrogen and oxygen atoms in total. The van der Waals surface area contributed by atoms with Crippen LogP contribution in [0.2, 0.25) is 0 Å². The highest BCUT2D eigenvalue weighted by Crippen LogP contribution is 2.26. The fraction of sp³-hybridized carbons (Fsp3) is 0.417. The van der Waals surface area contributed by atoms with Crippen molar-refractivity contribution in [2.24, 2.45) is 0 Å². The van der Waals surface area contributed by atoms with Crippen LogP contribution in [0.25, 0.3) is 11.0 Å². The maximum absolute atomic E-state index is 4.65. The van der Waals surface area contributed by atoms with Crippen molar-refractivity contribution in [3.63, 3.8) is 0 Å². The second-order valence-electron chi connectivity index (χ2n) is 4.77. The molecule has 0 aliphatic rings. The second kappa shape index (κ2) is 4.06. The van der Waals surface area contributed by atoms with Crippen molar-refractivity contribution >= 4 is 25.2 Å². The molecule has 0 fully saturated rings. The molecule has 2 aromatic heterocycles. The first-order chi connectivity index (χ1) is 7.52. The minimum Gasteiger partial charge on any atom is -0.237 e. The van der Waals surface area contributed by atoms with E-state index in [9.17, 15) is 0 Å². The first-order valence-corrected chi connectivity index (χ1v) is 6.83. The second-order valence-corrected chi connectivity index (χ2v) is 5.72. The van der Waals surface area contributed by atoms with Crippen LogP contribution < -0.4 is 5.57 Å². The number of hydrogen-bond acceptors (Lipinski definition) is 3. The van der Waals surface area contributed by atoms with Crippen LogP contribution in [0.5, 0.6) is 0 Å². The lowest BCUT2D eigenvalue weighted by atomic mass is 9.90. The Morgan fingerprint density at radius 1 is 1.19 bits per heavy atom. The van der Waals surface area contributed by atoms with Crippen molar-refractivity contribution in [2.45, 2.75) is 26.2 Å². The Labute approximate surface area is 97.5 Å². The summed E-state index contributed by atoms with van der Waals surface area (Å²) in [6.07, 6.45) is 1.78. The molecule has 0 spiro atoms. The van der Waals surface area contributed by atoms with E-state index in [-0.39, 0.29) is 5.41 Å². The normalized spacial score (nSPS) is 12.8. The molecular weight excluding hydrogens is 217 g/mol. The molecule has 2 rings (SSSR count). The van der Waals surface area contributed by atoms with E-state index in [2.05, 4.69) is 42.4 Å². The standard InChI is InChI=1S/C12H16N3P/c1-12(2,3)9-8-6-5-7-13-10(8)15-11(14-9)16-4/h5-7,16H,1-4H3. The monoisotopic (exact) mass is 233 g/mol. The highest BCUT2D eigenvalue weighted by molar-refractivity contribution is 7.45. The van der Waals surface area contributed by atoms with E-state index < -0.39 is 0 Å². The van der Waals surface area contributed by atoms with E-state index in [1.54, 1.807) is 6.20 Å². The number of hydrogen-bond donors (Lipinski definition) is 0. The maximum atomic E-state index is 4.65. The number of rotatable bonds is 1. The van der Waals surface area contributed by atoms with E-state index in [4.69, 9.17) is 0 Å². The van der Waals surface area contributed by atoms with Gasteiger partial charge >= 0.3 is 0 Å². The summed E-state index contributed by atoms with van der Waals surface area (Å²) in [5.74, 6) is 0. The number of fused-ring (bicyclic) bond motifs is 1. The Hall–Kier alpha value is -1.08. The lowest BCUT2D eigenvalue weighted by molar-refractivity contribution is 0.576. The predicted octanol–water partition coefficient (Wildman–Crippen LogP) is 2.26. The van der Waals surface area contributed by atoms with Crippen LogP contribution in [-0.4, -0.2) is 21.6 Å². The van der Waals surface area contributed by atoms with E-state index in [0.29, 0.717) is 8.58 Å². The SMILES string of the molecule is CPc1nc(C(C)(C)C)c2cccnc2n1. The number of aromatic nitrogens is 3. The third-order valence-electron chi connectivity index (χ3n) is 2.41. The molecule has 0 amide bonds. The van der Waals surface area contributed by atoms with Gasteiger partial charge in [-0.3, -0.25) is 0 Å². The van der Waals surface area contributed by atoms with Gasteiger partial charge in [-0.05, 0) is 18.8 Å². The minimum atomic E-state index is 0.0264. The van der Waals surface area contributed by atoms with E-state index in [0.717, 1.165) is 22.3 Å². The van der Waals surface area contributed by atoms with Crippen LogP contribution in [0.4, 0.5) is 0 Å². The molecule has 0 bridgehead atoms. The van der Waals surface area contributed by atoms with Crippen molar-refractivity contribution in [1.29, 1.82) is 0 Å². The lowest BCUT2D eigenvalue weighted by Crippen LogP contribution is -2.20. The molecule has 0 N–H and O–H groups in total. The van der Waals surface area contributed by atoms with Crippen LogP contribution >= 0.6 is 8.58 Å². The largest absolute Gasteiger partial charge is 0.237 e. The van der Waals surface area contributed by atoms with Crippen molar-refractivity contribution in [3.05, 3.63) is 24.0 Å². The topological polar surface area (TPSA) is 38.7 Å². The summed E-state index contributed by atoms with van der Waals surface area (Å²) in [5, 5.41) is 1.07. The summed E-state index contributed by atoms with van der Waals surface area (Å²) in [6, 6.07) is 3.99. The van der Waals surface area contributed by atoms with Gasteiger partial charge in [0.2, 0.25) is 0 Å². The van der Waals surface area contributed by atoms with Gasteiger partial charge in [0.25, 0.3) is 0 Å². The average molecular weight is 233 g/mol. The van der Waals surface area contributed by atoms with Gasteiger partial charge in [-0.25, -0.2) is 15.0 Å². The van der Waals surface area contributed by atoms with E-state index >= 15 is 0 Å². The molecule has 0 saturated carbocycles. The molecule has 0 radical (unpaired) electrons. The van der Waals surface area contributed by atoms with Gasteiger partial charge in [0.15, 0.2) is 5.65 Å². The Morgan fingerprint density at radius 2 is 1.94 bits per heavy atom. The summed E-state index contributed by atoms with van der Waals surface area (Å²) < 4.78 is 0. The lowest BCUT2D eigenvalue weighted by Gasteiger charge is -2.20. The fourth-order valence-corrected chi connectivity index (χ4v) is 2.09. The zero-order valence-corrected chi connectivity index (χ0v) is 11.1. The van der Waals surface area contributed by atoms with Gasteiger partial charge in [0, 0.05) is 17.0 Å². The highest BCUT2D eigenvalue weighted by atomic mass is 31.1. The quantitative estimate of drug-likeness (QED) is 0.709. The molecular formula is C12H16N3P. The van der Waals surface area contributed by atoms with E-state index in [1.165, 1.54) is 0 Å². The zero-order chi connectivity index (χ0) is 11.8. The molecule has 4 heteroatoms. The molecule has 1 atom stereocenters. The molecule has 2 heterocycles. The van der Waals surface area contributed by atoms with E-state index in [1.807, 2.05) is 12.1 Å². The van der Waals surface area contributed by atoms with Crippen molar-refractivity contribution < 1.29 is 0 Å². The minimum absolute atomic E-state index is 0.0264. The molecule has 0 aliphatic carbocycles. The van der Waals surface area contributed by atoms with Crippen LogP contribution in [0, 0.1) is 0 Å². The van der Waals surface area contributed by atoms with Crippen LogP contribution in [-0.2, 0) is 5.41 Å². The van der Waals surface area contributed by atoms with Crippen LogP contribution in [0.1, 0.15) is 26.5 Å². The van der Waals surface area contributed by atoms with Gasteiger partial charge in [-0.2, -0.15) is 0 Å². The molecule has 84 valence electrons. The summed E-state index contributed by atoms with van der Waals surface area (Å²) in [7, 11) is 0.607. The Kier molecular flexibility index (Phi) is 2.90. The van der Waals surface area contributed by atoms with Gasteiger partial charge in [0.05, 0.1) is 5.69 Å². The first-order valence-electron chi connectivity index (χ1n) is 5.33. The molecule has 16 heavy (non-hydrogen) atoms. The van der Waals surface area contributed by atoms with Gasteiger partial charge in [-0.15, -0.1) is 0 Å². The Morgan fingerprint density at radius 3 is 2.56 bits per heavy atom. The summed E-state index contributed by atoms with van der Waals surface area (Å²) >= 11 is 0. The number of nitrogens with zero attached hydrogens (tertiary/aromatic N) is 3. The first kappa shape index (κ1) is 11.4. The maximum Gasteiger partial charge on any atom is 0.163 e. The highest BCUT2D eigenvalue weighted by Gasteiger charge is 2.20. The zero-order valence-electron chi connectivity index (χ0n) is 10.1. The summed E-state index contributed by atoms with van der Waals surface area (Å²) in [5.41, 5.74) is 2.83. The van der Waals surface area contributed by atoms with Crippen LogP contribution in [0.3, 0.4) is 0 Å². The Bertz CT molecular complexity index is 517. The molecule has 0 aromatic carbocycles. The number of pyridine rings is 1. The summed E-state index contributed by atoms with van der Waals surface area (Å²) in [4.78, 5) is 13.4.